The van der Waals surface area contributed by atoms with E-state index in [0.29, 0.717) is 6.54 Å². The van der Waals surface area contributed by atoms with Gasteiger partial charge in [-0.3, -0.25) is 10.1 Å². The fourth-order valence-corrected chi connectivity index (χ4v) is 1.86. The van der Waals surface area contributed by atoms with Gasteiger partial charge in [-0.05, 0) is 39.7 Å². The number of ether oxygens (including phenoxy) is 1. The lowest BCUT2D eigenvalue weighted by molar-refractivity contribution is -0.384. The highest BCUT2D eigenvalue weighted by molar-refractivity contribution is 5.68. The molecule has 0 saturated heterocycles. The molecule has 0 aliphatic rings. The summed E-state index contributed by atoms with van der Waals surface area (Å²) in [5.41, 5.74) is 0.311. The van der Waals surface area contributed by atoms with E-state index in [9.17, 15) is 14.9 Å². The van der Waals surface area contributed by atoms with Crippen LogP contribution < -0.4 is 0 Å². The molecule has 0 fully saturated rings. The Hall–Kier alpha value is -2.11. The number of benzene rings is 1. The van der Waals surface area contributed by atoms with Gasteiger partial charge in [-0.15, -0.1) is 0 Å². The van der Waals surface area contributed by atoms with Crippen LogP contribution in [0.1, 0.15) is 46.6 Å². The molecule has 1 aromatic rings. The predicted molar refractivity (Wildman–Crippen MR) is 84.6 cm³/mol. The Morgan fingerprint density at radius 3 is 2.27 bits per heavy atom. The lowest BCUT2D eigenvalue weighted by atomic mass is 10.1. The number of carbonyl (C=O) groups excluding carboxylic acids is 1. The van der Waals surface area contributed by atoms with Gasteiger partial charge in [-0.2, -0.15) is 0 Å². The summed E-state index contributed by atoms with van der Waals surface area (Å²) in [4.78, 5) is 24.2. The normalized spacial score (nSPS) is 12.6. The van der Waals surface area contributed by atoms with Crippen molar-refractivity contribution >= 4 is 11.8 Å². The van der Waals surface area contributed by atoms with Crippen LogP contribution in [-0.2, 0) is 11.3 Å². The van der Waals surface area contributed by atoms with E-state index in [1.807, 2.05) is 34.6 Å². The van der Waals surface area contributed by atoms with Crippen molar-refractivity contribution in [3.63, 3.8) is 0 Å². The molecule has 0 spiro atoms. The largest absolute Gasteiger partial charge is 0.444 e. The Bertz CT molecular complexity index is 520. The van der Waals surface area contributed by atoms with Gasteiger partial charge in [0.25, 0.3) is 5.69 Å². The van der Waals surface area contributed by atoms with E-state index in [4.69, 9.17) is 4.74 Å². The van der Waals surface area contributed by atoms with Crippen molar-refractivity contribution in [2.24, 2.45) is 0 Å². The van der Waals surface area contributed by atoms with Crippen molar-refractivity contribution < 1.29 is 14.5 Å². The van der Waals surface area contributed by atoms with E-state index < -0.39 is 10.5 Å². The second-order valence-corrected chi connectivity index (χ2v) is 6.29. The Labute approximate surface area is 131 Å². The summed E-state index contributed by atoms with van der Waals surface area (Å²) in [5, 5.41) is 10.7. The van der Waals surface area contributed by atoms with Crippen molar-refractivity contribution in [2.75, 3.05) is 0 Å². The second kappa shape index (κ2) is 7.24. The number of amides is 1. The predicted octanol–water partition coefficient (Wildman–Crippen LogP) is 4.13. The first kappa shape index (κ1) is 17.9. The van der Waals surface area contributed by atoms with Crippen molar-refractivity contribution in [3.8, 4) is 0 Å². The van der Waals surface area contributed by atoms with Gasteiger partial charge in [0.1, 0.15) is 5.60 Å². The number of rotatable bonds is 5. The molecule has 6 heteroatoms. The molecule has 1 aromatic carbocycles. The van der Waals surface area contributed by atoms with Crippen LogP contribution in [0.4, 0.5) is 10.5 Å². The zero-order valence-electron chi connectivity index (χ0n) is 13.8. The quantitative estimate of drug-likeness (QED) is 0.605. The van der Waals surface area contributed by atoms with Crippen LogP contribution >= 0.6 is 0 Å². The molecule has 0 aliphatic heterocycles. The van der Waals surface area contributed by atoms with Crippen molar-refractivity contribution in [3.05, 3.63) is 39.9 Å². The molecular weight excluding hydrogens is 284 g/mol. The first-order valence-corrected chi connectivity index (χ1v) is 7.37. The van der Waals surface area contributed by atoms with Crippen molar-refractivity contribution in [1.29, 1.82) is 0 Å². The number of nitro groups is 1. The Kier molecular flexibility index (Phi) is 5.91. The van der Waals surface area contributed by atoms with Gasteiger partial charge in [0.2, 0.25) is 0 Å². The van der Waals surface area contributed by atoms with Crippen LogP contribution in [-0.4, -0.2) is 27.6 Å². The van der Waals surface area contributed by atoms with Crippen molar-refractivity contribution in [2.45, 2.75) is 59.2 Å². The zero-order valence-corrected chi connectivity index (χ0v) is 13.8. The molecule has 22 heavy (non-hydrogen) atoms. The van der Waals surface area contributed by atoms with Gasteiger partial charge in [0, 0.05) is 24.7 Å². The molecule has 1 amide bonds. The smallest absolute Gasteiger partial charge is 0.410 e. The second-order valence-electron chi connectivity index (χ2n) is 6.29. The molecule has 1 rings (SSSR count). The molecule has 0 heterocycles. The van der Waals surface area contributed by atoms with Crippen LogP contribution in [0.5, 0.6) is 0 Å². The maximum atomic E-state index is 12.3. The lowest BCUT2D eigenvalue weighted by Gasteiger charge is -2.31. The van der Waals surface area contributed by atoms with Crippen LogP contribution in [0.15, 0.2) is 24.3 Å². The molecular formula is C16H24N2O4. The molecule has 1 unspecified atom stereocenters. The minimum Gasteiger partial charge on any atom is -0.444 e. The van der Waals surface area contributed by atoms with E-state index in [1.165, 1.54) is 12.1 Å². The number of hydrogen-bond donors (Lipinski definition) is 0. The maximum Gasteiger partial charge on any atom is 0.410 e. The summed E-state index contributed by atoms with van der Waals surface area (Å²) >= 11 is 0. The molecule has 1 atom stereocenters. The Morgan fingerprint density at radius 2 is 1.86 bits per heavy atom. The monoisotopic (exact) mass is 308 g/mol. The minimum atomic E-state index is -0.557. The number of non-ortho nitro benzene ring substituents is 1. The van der Waals surface area contributed by atoms with Gasteiger partial charge in [0.15, 0.2) is 0 Å². The van der Waals surface area contributed by atoms with E-state index in [-0.39, 0.29) is 17.8 Å². The summed E-state index contributed by atoms with van der Waals surface area (Å²) in [5.74, 6) is 0. The SMILES string of the molecule is CCC(C)N(Cc1ccc([N+](=O)[O-])cc1)C(=O)OC(C)(C)C. The van der Waals surface area contributed by atoms with Crippen LogP contribution in [0.25, 0.3) is 0 Å². The molecule has 0 aromatic heterocycles. The fraction of sp³-hybridized carbons (Fsp3) is 0.562. The molecule has 0 radical (unpaired) electrons. The first-order valence-electron chi connectivity index (χ1n) is 7.37. The maximum absolute atomic E-state index is 12.3. The first-order chi connectivity index (χ1) is 10.1. The Morgan fingerprint density at radius 1 is 1.32 bits per heavy atom. The van der Waals surface area contributed by atoms with Gasteiger partial charge in [-0.25, -0.2) is 4.79 Å². The van der Waals surface area contributed by atoms with Crippen molar-refractivity contribution in [1.82, 2.24) is 4.90 Å². The molecule has 0 saturated carbocycles. The summed E-state index contributed by atoms with van der Waals surface area (Å²) < 4.78 is 5.44. The van der Waals surface area contributed by atoms with Crippen LogP contribution in [0.2, 0.25) is 0 Å². The summed E-state index contributed by atoms with van der Waals surface area (Å²) in [6.45, 7) is 9.79. The third kappa shape index (κ3) is 5.35. The summed E-state index contributed by atoms with van der Waals surface area (Å²) in [6, 6.07) is 6.24. The standard InChI is InChI=1S/C16H24N2O4/c1-6-12(2)17(15(19)22-16(3,4)5)11-13-7-9-14(10-8-13)18(20)21/h7-10,12H,6,11H2,1-5H3. The average Bonchev–Trinajstić information content (AvgIpc) is 2.42. The van der Waals surface area contributed by atoms with E-state index in [1.54, 1.807) is 17.0 Å². The molecule has 0 aliphatic carbocycles. The van der Waals surface area contributed by atoms with E-state index in [2.05, 4.69) is 0 Å². The molecule has 0 bridgehead atoms. The van der Waals surface area contributed by atoms with Gasteiger partial charge in [-0.1, -0.05) is 19.1 Å². The summed E-state index contributed by atoms with van der Waals surface area (Å²) in [7, 11) is 0. The fourth-order valence-electron chi connectivity index (χ4n) is 1.86. The van der Waals surface area contributed by atoms with Gasteiger partial charge >= 0.3 is 6.09 Å². The van der Waals surface area contributed by atoms with Gasteiger partial charge in [0.05, 0.1) is 4.92 Å². The number of nitro benzene ring substituents is 1. The highest BCUT2D eigenvalue weighted by Gasteiger charge is 2.25. The van der Waals surface area contributed by atoms with E-state index in [0.717, 1.165) is 12.0 Å². The third-order valence-corrected chi connectivity index (χ3v) is 3.25. The summed E-state index contributed by atoms with van der Waals surface area (Å²) in [6.07, 6.45) is 0.423. The topological polar surface area (TPSA) is 72.7 Å². The zero-order chi connectivity index (χ0) is 16.9. The van der Waals surface area contributed by atoms with E-state index >= 15 is 0 Å². The number of hydrogen-bond acceptors (Lipinski definition) is 4. The number of nitrogens with zero attached hydrogens (tertiary/aromatic N) is 2. The lowest BCUT2D eigenvalue weighted by Crippen LogP contribution is -2.41. The van der Waals surface area contributed by atoms with Crippen LogP contribution in [0.3, 0.4) is 0 Å². The Balaban J connectivity index is 2.89. The highest BCUT2D eigenvalue weighted by Crippen LogP contribution is 2.18. The van der Waals surface area contributed by atoms with Crippen LogP contribution in [0, 0.1) is 10.1 Å². The minimum absolute atomic E-state index is 0.0186. The highest BCUT2D eigenvalue weighted by atomic mass is 16.6. The molecule has 122 valence electrons. The average molecular weight is 308 g/mol. The van der Waals surface area contributed by atoms with Gasteiger partial charge < -0.3 is 9.64 Å². The molecule has 6 nitrogen and oxygen atoms in total. The third-order valence-electron chi connectivity index (χ3n) is 3.25. The number of carbonyl (C=O) groups is 1. The molecule has 0 N–H and O–H groups in total.